The van der Waals surface area contributed by atoms with Crippen molar-refractivity contribution in [1.29, 1.82) is 0 Å². The van der Waals surface area contributed by atoms with Crippen LogP contribution < -0.4 is 0 Å². The van der Waals surface area contributed by atoms with Gasteiger partial charge in [0.05, 0.1) is 12.7 Å². The Balaban J connectivity index is 2.76. The first-order valence-corrected chi connectivity index (χ1v) is 7.40. The van der Waals surface area contributed by atoms with Crippen LogP contribution in [0.3, 0.4) is 0 Å². The molecule has 108 valence electrons. The first-order valence-electron chi connectivity index (χ1n) is 7.40. The predicted molar refractivity (Wildman–Crippen MR) is 75.8 cm³/mol. The molecule has 0 radical (unpaired) electrons. The Hall–Kier alpha value is -0.120. The minimum Gasteiger partial charge on any atom is -0.391 e. The van der Waals surface area contributed by atoms with E-state index in [1.807, 2.05) is 0 Å². The summed E-state index contributed by atoms with van der Waals surface area (Å²) in [6, 6.07) is 0.869. The number of rotatable bonds is 7. The summed E-state index contributed by atoms with van der Waals surface area (Å²) in [6.07, 6.45) is 4.29. The van der Waals surface area contributed by atoms with Crippen LogP contribution in [0.25, 0.3) is 0 Å². The lowest BCUT2D eigenvalue weighted by Crippen LogP contribution is -2.50. The van der Waals surface area contributed by atoms with Crippen molar-refractivity contribution < 1.29 is 9.84 Å². The molecule has 3 nitrogen and oxygen atoms in total. The van der Waals surface area contributed by atoms with Gasteiger partial charge in [0, 0.05) is 25.7 Å². The summed E-state index contributed by atoms with van der Waals surface area (Å²) in [5.74, 6) is 0. The van der Waals surface area contributed by atoms with Gasteiger partial charge in [-0.15, -0.1) is 0 Å². The van der Waals surface area contributed by atoms with Gasteiger partial charge in [-0.1, -0.05) is 27.7 Å². The van der Waals surface area contributed by atoms with E-state index >= 15 is 0 Å². The van der Waals surface area contributed by atoms with E-state index in [0.29, 0.717) is 12.1 Å². The van der Waals surface area contributed by atoms with Crippen LogP contribution in [0.4, 0.5) is 0 Å². The Morgan fingerprint density at radius 3 is 2.33 bits per heavy atom. The summed E-state index contributed by atoms with van der Waals surface area (Å²) < 4.78 is 5.23. The summed E-state index contributed by atoms with van der Waals surface area (Å²) in [7, 11) is 1.75. The van der Waals surface area contributed by atoms with Gasteiger partial charge in [-0.05, 0) is 31.1 Å². The molecule has 2 atom stereocenters. The zero-order valence-corrected chi connectivity index (χ0v) is 12.8. The third-order valence-electron chi connectivity index (χ3n) is 4.64. The summed E-state index contributed by atoms with van der Waals surface area (Å²) in [6.45, 7) is 10.5. The van der Waals surface area contributed by atoms with Crippen molar-refractivity contribution in [2.45, 2.75) is 71.6 Å². The molecule has 1 N–H and O–H groups in total. The highest BCUT2D eigenvalue weighted by atomic mass is 16.5. The number of methoxy groups -OCH3 is 1. The molecule has 2 unspecified atom stereocenters. The van der Waals surface area contributed by atoms with Gasteiger partial charge in [-0.3, -0.25) is 4.90 Å². The summed E-state index contributed by atoms with van der Waals surface area (Å²) in [5, 5.41) is 10.5. The van der Waals surface area contributed by atoms with Crippen LogP contribution in [0.15, 0.2) is 0 Å². The average Bonchev–Trinajstić information content (AvgIpc) is 2.61. The fraction of sp³-hybridized carbons (Fsp3) is 1.00. The Morgan fingerprint density at radius 1 is 1.33 bits per heavy atom. The molecule has 0 spiro atoms. The van der Waals surface area contributed by atoms with Gasteiger partial charge in [-0.25, -0.2) is 0 Å². The van der Waals surface area contributed by atoms with E-state index < -0.39 is 0 Å². The molecule has 0 bridgehead atoms. The molecule has 0 aromatic carbocycles. The zero-order valence-electron chi connectivity index (χ0n) is 12.8. The lowest BCUT2D eigenvalue weighted by atomic mass is 9.88. The zero-order chi connectivity index (χ0) is 13.8. The van der Waals surface area contributed by atoms with E-state index in [1.165, 1.54) is 0 Å². The summed E-state index contributed by atoms with van der Waals surface area (Å²) >= 11 is 0. The van der Waals surface area contributed by atoms with E-state index in [0.717, 1.165) is 38.8 Å². The van der Waals surface area contributed by atoms with Gasteiger partial charge in [-0.2, -0.15) is 0 Å². The van der Waals surface area contributed by atoms with Crippen molar-refractivity contribution in [2.24, 2.45) is 5.41 Å². The fourth-order valence-corrected chi connectivity index (χ4v) is 3.27. The third kappa shape index (κ3) is 3.46. The third-order valence-corrected chi connectivity index (χ3v) is 4.64. The van der Waals surface area contributed by atoms with Crippen molar-refractivity contribution in [1.82, 2.24) is 4.90 Å². The highest BCUT2D eigenvalue weighted by Crippen LogP contribution is 2.40. The van der Waals surface area contributed by atoms with Crippen LogP contribution in [-0.2, 0) is 4.74 Å². The standard InChI is InChI=1S/C15H31NO2/c1-6-12(7-2)16(10-11-18-5)13-8-9-15(3,4)14(13)17/h12-14,17H,6-11H2,1-5H3. The number of hydrogen-bond donors (Lipinski definition) is 1. The van der Waals surface area contributed by atoms with Crippen LogP contribution in [0, 0.1) is 5.41 Å². The molecule has 18 heavy (non-hydrogen) atoms. The maximum absolute atomic E-state index is 10.5. The fourth-order valence-electron chi connectivity index (χ4n) is 3.27. The molecule has 0 aliphatic heterocycles. The van der Waals surface area contributed by atoms with Gasteiger partial charge < -0.3 is 9.84 Å². The van der Waals surface area contributed by atoms with Crippen LogP contribution in [0.5, 0.6) is 0 Å². The van der Waals surface area contributed by atoms with E-state index in [9.17, 15) is 5.11 Å². The minimum absolute atomic E-state index is 0.0576. The summed E-state index contributed by atoms with van der Waals surface area (Å²) in [4.78, 5) is 2.49. The van der Waals surface area contributed by atoms with Crippen molar-refractivity contribution in [2.75, 3.05) is 20.3 Å². The monoisotopic (exact) mass is 257 g/mol. The second-order valence-corrected chi connectivity index (χ2v) is 6.24. The van der Waals surface area contributed by atoms with Gasteiger partial charge in [0.25, 0.3) is 0 Å². The van der Waals surface area contributed by atoms with Gasteiger partial charge in [0.2, 0.25) is 0 Å². The number of nitrogens with zero attached hydrogens (tertiary/aromatic N) is 1. The normalized spacial score (nSPS) is 27.3. The lowest BCUT2D eigenvalue weighted by molar-refractivity contribution is -0.0121. The van der Waals surface area contributed by atoms with Crippen molar-refractivity contribution in [3.63, 3.8) is 0 Å². The molecule has 3 heteroatoms. The van der Waals surface area contributed by atoms with Crippen LogP contribution in [0.1, 0.15) is 53.4 Å². The largest absolute Gasteiger partial charge is 0.391 e. The Labute approximate surface area is 113 Å². The predicted octanol–water partition coefficient (Wildman–Crippen LogP) is 2.67. The molecule has 1 aliphatic rings. The molecule has 1 aliphatic carbocycles. The Morgan fingerprint density at radius 2 is 1.94 bits per heavy atom. The number of ether oxygens (including phenoxy) is 1. The van der Waals surface area contributed by atoms with Crippen molar-refractivity contribution >= 4 is 0 Å². The van der Waals surface area contributed by atoms with E-state index in [-0.39, 0.29) is 11.5 Å². The quantitative estimate of drug-likeness (QED) is 0.761. The molecule has 1 saturated carbocycles. The van der Waals surface area contributed by atoms with E-state index in [4.69, 9.17) is 4.74 Å². The van der Waals surface area contributed by atoms with Gasteiger partial charge in [0.1, 0.15) is 0 Å². The van der Waals surface area contributed by atoms with Crippen LogP contribution in [-0.4, -0.2) is 48.5 Å². The number of aliphatic hydroxyl groups is 1. The second kappa shape index (κ2) is 6.88. The first kappa shape index (κ1) is 15.9. The highest BCUT2D eigenvalue weighted by molar-refractivity contribution is 4.97. The molecule has 0 aromatic rings. The SMILES string of the molecule is CCC(CC)N(CCOC)C1CCC(C)(C)C1O. The maximum Gasteiger partial charge on any atom is 0.0746 e. The van der Waals surface area contributed by atoms with E-state index in [2.05, 4.69) is 32.6 Å². The van der Waals surface area contributed by atoms with Crippen LogP contribution in [0.2, 0.25) is 0 Å². The Bertz CT molecular complexity index is 239. The van der Waals surface area contributed by atoms with Gasteiger partial charge in [0.15, 0.2) is 0 Å². The molecule has 1 rings (SSSR count). The smallest absolute Gasteiger partial charge is 0.0746 e. The molecule has 0 heterocycles. The number of hydrogen-bond acceptors (Lipinski definition) is 3. The highest BCUT2D eigenvalue weighted by Gasteiger charge is 2.44. The second-order valence-electron chi connectivity index (χ2n) is 6.24. The number of aliphatic hydroxyl groups excluding tert-OH is 1. The topological polar surface area (TPSA) is 32.7 Å². The van der Waals surface area contributed by atoms with Crippen molar-refractivity contribution in [3.8, 4) is 0 Å². The maximum atomic E-state index is 10.5. The average molecular weight is 257 g/mol. The lowest BCUT2D eigenvalue weighted by Gasteiger charge is -2.39. The van der Waals surface area contributed by atoms with E-state index in [1.54, 1.807) is 7.11 Å². The van der Waals surface area contributed by atoms with Gasteiger partial charge >= 0.3 is 0 Å². The van der Waals surface area contributed by atoms with Crippen molar-refractivity contribution in [3.05, 3.63) is 0 Å². The Kier molecular flexibility index (Phi) is 6.09. The summed E-state index contributed by atoms with van der Waals surface area (Å²) in [5.41, 5.74) is 0.0576. The molecular weight excluding hydrogens is 226 g/mol. The molecule has 0 saturated heterocycles. The minimum atomic E-state index is -0.213. The molecule has 0 amide bonds. The first-order chi connectivity index (χ1) is 8.47. The molecule has 0 aromatic heterocycles. The van der Waals surface area contributed by atoms with Crippen LogP contribution >= 0.6 is 0 Å². The molecule has 1 fully saturated rings. The molecular formula is C15H31NO2.